The molecule has 0 bridgehead atoms. The van der Waals surface area contributed by atoms with Crippen LogP contribution in [0.5, 0.6) is 0 Å². The lowest BCUT2D eigenvalue weighted by Crippen LogP contribution is -2.11. The van der Waals surface area contributed by atoms with E-state index in [4.69, 9.17) is 27.0 Å². The van der Waals surface area contributed by atoms with Gasteiger partial charge in [0.25, 0.3) is 9.05 Å². The first kappa shape index (κ1) is 18.2. The van der Waals surface area contributed by atoms with Crippen LogP contribution in [0.4, 0.5) is 4.39 Å². The molecular weight excluding hydrogens is 342 g/mol. The number of benzene rings is 1. The number of halogens is 3. The Labute approximate surface area is 132 Å². The van der Waals surface area contributed by atoms with Gasteiger partial charge in [0.2, 0.25) is 0 Å². The largest absolute Gasteiger partial charge is 0.462 e. The molecule has 0 atom stereocenters. The Morgan fingerprint density at radius 3 is 2.52 bits per heavy atom. The molecule has 0 spiro atoms. The van der Waals surface area contributed by atoms with Crippen LogP contribution in [0, 0.1) is 5.82 Å². The van der Waals surface area contributed by atoms with Gasteiger partial charge in [0, 0.05) is 15.7 Å². The number of carbonyl (C=O) groups is 1. The van der Waals surface area contributed by atoms with Crippen LogP contribution in [0.15, 0.2) is 17.0 Å². The van der Waals surface area contributed by atoms with E-state index >= 15 is 0 Å². The summed E-state index contributed by atoms with van der Waals surface area (Å²) in [5.74, 6) is -2.22. The average Bonchev–Trinajstić information content (AvgIpc) is 2.39. The zero-order valence-electron chi connectivity index (χ0n) is 11.4. The Balaban J connectivity index is 2.88. The standard InChI is InChI=1S/C13H15Cl2FO4S/c1-2-3-4-5-6-20-13(17)10-7-9(14)8-11(12(10)16)21(15,18)19/h7-8H,2-6H2,1H3. The summed E-state index contributed by atoms with van der Waals surface area (Å²) in [6.45, 7) is 2.18. The summed E-state index contributed by atoms with van der Waals surface area (Å²) in [6.07, 6.45) is 3.59. The van der Waals surface area contributed by atoms with E-state index < -0.39 is 31.3 Å². The minimum absolute atomic E-state index is 0.117. The number of hydrogen-bond acceptors (Lipinski definition) is 4. The van der Waals surface area contributed by atoms with E-state index in [-0.39, 0.29) is 11.6 Å². The summed E-state index contributed by atoms with van der Waals surface area (Å²) in [6, 6.07) is 1.86. The van der Waals surface area contributed by atoms with Crippen LogP contribution in [0.2, 0.25) is 5.02 Å². The highest BCUT2D eigenvalue weighted by Crippen LogP contribution is 2.26. The second-order valence-electron chi connectivity index (χ2n) is 4.40. The van der Waals surface area contributed by atoms with Gasteiger partial charge in [0.05, 0.1) is 12.2 Å². The summed E-state index contributed by atoms with van der Waals surface area (Å²) in [4.78, 5) is 10.9. The molecule has 0 fully saturated rings. The van der Waals surface area contributed by atoms with Gasteiger partial charge >= 0.3 is 5.97 Å². The fourth-order valence-corrected chi connectivity index (χ4v) is 2.87. The maximum absolute atomic E-state index is 14.0. The van der Waals surface area contributed by atoms with Gasteiger partial charge in [-0.2, -0.15) is 0 Å². The second kappa shape index (κ2) is 7.96. The smallest absolute Gasteiger partial charge is 0.341 e. The lowest BCUT2D eigenvalue weighted by Gasteiger charge is -2.08. The summed E-state index contributed by atoms with van der Waals surface area (Å²) < 4.78 is 41.4. The monoisotopic (exact) mass is 356 g/mol. The highest BCUT2D eigenvalue weighted by Gasteiger charge is 2.24. The molecule has 0 amide bonds. The molecule has 0 aliphatic heterocycles. The number of carbonyl (C=O) groups excluding carboxylic acids is 1. The van der Waals surface area contributed by atoms with Crippen molar-refractivity contribution < 1.29 is 22.3 Å². The number of unbranched alkanes of at least 4 members (excludes halogenated alkanes) is 3. The molecule has 0 heterocycles. The number of hydrogen-bond donors (Lipinski definition) is 0. The molecule has 1 aromatic carbocycles. The third kappa shape index (κ3) is 5.45. The number of esters is 1. The predicted molar refractivity (Wildman–Crippen MR) is 78.9 cm³/mol. The van der Waals surface area contributed by atoms with Gasteiger partial charge in [-0.15, -0.1) is 0 Å². The van der Waals surface area contributed by atoms with Crippen molar-refractivity contribution >= 4 is 37.3 Å². The van der Waals surface area contributed by atoms with Crippen molar-refractivity contribution in [2.45, 2.75) is 37.5 Å². The van der Waals surface area contributed by atoms with E-state index in [1.165, 1.54) is 0 Å². The predicted octanol–water partition coefficient (Wildman–Crippen LogP) is 4.14. The third-order valence-electron chi connectivity index (χ3n) is 2.72. The summed E-state index contributed by atoms with van der Waals surface area (Å²) in [5, 5.41) is -0.117. The topological polar surface area (TPSA) is 60.4 Å². The van der Waals surface area contributed by atoms with Crippen LogP contribution in [0.25, 0.3) is 0 Å². The molecule has 0 aromatic heterocycles. The van der Waals surface area contributed by atoms with E-state index in [2.05, 4.69) is 0 Å². The summed E-state index contributed by atoms with van der Waals surface area (Å²) >= 11 is 5.68. The summed E-state index contributed by atoms with van der Waals surface area (Å²) in [7, 11) is 0.756. The second-order valence-corrected chi connectivity index (χ2v) is 7.37. The molecule has 0 radical (unpaired) electrons. The quantitative estimate of drug-likeness (QED) is 0.418. The first-order chi connectivity index (χ1) is 9.77. The Kier molecular flexibility index (Phi) is 6.90. The van der Waals surface area contributed by atoms with Crippen LogP contribution in [0.3, 0.4) is 0 Å². The van der Waals surface area contributed by atoms with Gasteiger partial charge in [-0.05, 0) is 18.6 Å². The molecule has 1 aromatic rings. The van der Waals surface area contributed by atoms with Gasteiger partial charge in [-0.1, -0.05) is 37.8 Å². The van der Waals surface area contributed by atoms with Gasteiger partial charge in [0.15, 0.2) is 5.82 Å². The van der Waals surface area contributed by atoms with Gasteiger partial charge in [0.1, 0.15) is 4.90 Å². The van der Waals surface area contributed by atoms with Gasteiger partial charge < -0.3 is 4.74 Å². The maximum atomic E-state index is 14.0. The minimum atomic E-state index is -4.34. The van der Waals surface area contributed by atoms with E-state index in [0.29, 0.717) is 6.42 Å². The molecule has 118 valence electrons. The van der Waals surface area contributed by atoms with Crippen molar-refractivity contribution in [2.75, 3.05) is 6.61 Å². The van der Waals surface area contributed by atoms with E-state index in [1.807, 2.05) is 6.92 Å². The van der Waals surface area contributed by atoms with Crippen molar-refractivity contribution in [3.63, 3.8) is 0 Å². The SMILES string of the molecule is CCCCCCOC(=O)c1cc(Cl)cc(S(=O)(=O)Cl)c1F. The van der Waals surface area contributed by atoms with Crippen LogP contribution < -0.4 is 0 Å². The molecule has 8 heteroatoms. The number of ether oxygens (including phenoxy) is 1. The fourth-order valence-electron chi connectivity index (χ4n) is 1.66. The molecule has 0 saturated heterocycles. The Hall–Kier alpha value is -0.850. The van der Waals surface area contributed by atoms with Crippen molar-refractivity contribution in [3.8, 4) is 0 Å². The zero-order chi connectivity index (χ0) is 16.0. The highest BCUT2D eigenvalue weighted by atomic mass is 35.7. The highest BCUT2D eigenvalue weighted by molar-refractivity contribution is 8.13. The molecule has 0 saturated carbocycles. The fraction of sp³-hybridized carbons (Fsp3) is 0.462. The molecular formula is C13H15Cl2FO4S. The molecule has 0 unspecified atom stereocenters. The average molecular weight is 357 g/mol. The maximum Gasteiger partial charge on any atom is 0.341 e. The first-order valence-electron chi connectivity index (χ1n) is 6.38. The Morgan fingerprint density at radius 1 is 1.29 bits per heavy atom. The molecule has 4 nitrogen and oxygen atoms in total. The Bertz CT molecular complexity index is 617. The normalized spacial score (nSPS) is 11.4. The van der Waals surface area contributed by atoms with Crippen molar-refractivity contribution in [3.05, 3.63) is 28.5 Å². The van der Waals surface area contributed by atoms with Crippen LogP contribution >= 0.6 is 22.3 Å². The van der Waals surface area contributed by atoms with Gasteiger partial charge in [-0.3, -0.25) is 0 Å². The molecule has 0 aliphatic carbocycles. The molecule has 1 rings (SSSR count). The third-order valence-corrected chi connectivity index (χ3v) is 4.26. The zero-order valence-corrected chi connectivity index (χ0v) is 13.7. The van der Waals surface area contributed by atoms with Crippen molar-refractivity contribution in [2.24, 2.45) is 0 Å². The van der Waals surface area contributed by atoms with Crippen molar-refractivity contribution in [1.82, 2.24) is 0 Å². The molecule has 21 heavy (non-hydrogen) atoms. The van der Waals surface area contributed by atoms with E-state index in [0.717, 1.165) is 31.4 Å². The van der Waals surface area contributed by atoms with Crippen LogP contribution in [-0.2, 0) is 13.8 Å². The van der Waals surface area contributed by atoms with E-state index in [9.17, 15) is 17.6 Å². The van der Waals surface area contributed by atoms with Crippen molar-refractivity contribution in [1.29, 1.82) is 0 Å². The Morgan fingerprint density at radius 2 is 1.95 bits per heavy atom. The van der Waals surface area contributed by atoms with Crippen LogP contribution in [-0.4, -0.2) is 21.0 Å². The molecule has 0 N–H and O–H groups in total. The molecule has 0 aliphatic rings. The lowest BCUT2D eigenvalue weighted by atomic mass is 10.2. The van der Waals surface area contributed by atoms with Crippen LogP contribution in [0.1, 0.15) is 43.0 Å². The summed E-state index contributed by atoms with van der Waals surface area (Å²) in [5.41, 5.74) is -0.544. The van der Waals surface area contributed by atoms with Gasteiger partial charge in [-0.25, -0.2) is 17.6 Å². The van der Waals surface area contributed by atoms with E-state index in [1.54, 1.807) is 0 Å². The lowest BCUT2D eigenvalue weighted by molar-refractivity contribution is 0.0492. The number of rotatable bonds is 7. The first-order valence-corrected chi connectivity index (χ1v) is 9.07. The minimum Gasteiger partial charge on any atom is -0.462 e.